The molecule has 4 aromatic rings. The van der Waals surface area contributed by atoms with Crippen molar-refractivity contribution in [2.24, 2.45) is 23.5 Å². The number of aromatic nitrogens is 4. The maximum Gasteiger partial charge on any atom is 0.357 e. The van der Waals surface area contributed by atoms with Gasteiger partial charge in [0.1, 0.15) is 5.69 Å². The third-order valence-corrected chi connectivity index (χ3v) is 12.1. The number of hydrogen-bond acceptors (Lipinski definition) is 7. The van der Waals surface area contributed by atoms with Gasteiger partial charge < -0.3 is 10.8 Å². The first-order valence-electron chi connectivity index (χ1n) is 16.8. The summed E-state index contributed by atoms with van der Waals surface area (Å²) in [7, 11) is 0. The number of hydrogen-bond donors (Lipinski definition) is 4. The van der Waals surface area contributed by atoms with Crippen LogP contribution in [0.5, 0.6) is 0 Å². The van der Waals surface area contributed by atoms with Crippen molar-refractivity contribution in [2.45, 2.75) is 74.9 Å². The zero-order chi connectivity index (χ0) is 30.8. The average Bonchev–Trinajstić information content (AvgIpc) is 3.95. The number of nitrogens with two attached hydrogens (primary N) is 1. The molecule has 12 rings (SSSR count). The number of fused-ring (bicyclic) bond motifs is 6. The van der Waals surface area contributed by atoms with Gasteiger partial charge in [0.25, 0.3) is 0 Å². The molecule has 0 amide bonds. The number of carboxylic acid groups (broad SMARTS) is 1. The lowest BCUT2D eigenvalue weighted by molar-refractivity contribution is -0.0274. The lowest BCUT2D eigenvalue weighted by Crippen LogP contribution is -2.63. The van der Waals surface area contributed by atoms with Crippen molar-refractivity contribution in [3.8, 4) is 0 Å². The normalized spacial score (nSPS) is 30.2. The number of halogens is 1. The van der Waals surface area contributed by atoms with Crippen LogP contribution in [0.4, 0.5) is 0 Å². The maximum atomic E-state index is 12.9. The Bertz CT molecular complexity index is 1720. The summed E-state index contributed by atoms with van der Waals surface area (Å²) in [5.74, 6) is 1.39. The molecule has 244 valence electrons. The topological polar surface area (TPSA) is 144 Å². The van der Waals surface area contributed by atoms with Gasteiger partial charge in [0.15, 0.2) is 11.5 Å². The molecule has 2 atom stereocenters. The molecule has 8 heterocycles. The Hall–Kier alpha value is -3.31. The molecule has 0 unspecified atom stereocenters. The molecular weight excluding hydrogens is 602 g/mol. The Kier molecular flexibility index (Phi) is 8.20. The smallest absolute Gasteiger partial charge is 0.357 e. The Balaban J connectivity index is 0.000000119. The van der Waals surface area contributed by atoms with Crippen molar-refractivity contribution in [3.63, 3.8) is 0 Å². The summed E-state index contributed by atoms with van der Waals surface area (Å²) >= 11 is 0. The van der Waals surface area contributed by atoms with Gasteiger partial charge in [-0.2, -0.15) is 10.2 Å². The lowest BCUT2D eigenvalue weighted by atomic mass is 9.69. The summed E-state index contributed by atoms with van der Waals surface area (Å²) < 4.78 is 0. The number of nitrogens with zero attached hydrogens (tertiary/aromatic N) is 4. The van der Waals surface area contributed by atoms with Crippen molar-refractivity contribution in [1.29, 1.82) is 0 Å². The molecule has 46 heavy (non-hydrogen) atoms. The highest BCUT2D eigenvalue weighted by Gasteiger charge is 2.60. The fourth-order valence-corrected chi connectivity index (χ4v) is 9.32. The average molecular weight is 646 g/mol. The van der Waals surface area contributed by atoms with Gasteiger partial charge in [0.05, 0.1) is 11.0 Å². The van der Waals surface area contributed by atoms with E-state index in [2.05, 4.69) is 30.2 Å². The number of benzene rings is 2. The predicted octanol–water partition coefficient (Wildman–Crippen LogP) is 5.26. The van der Waals surface area contributed by atoms with Crippen molar-refractivity contribution in [2.75, 3.05) is 26.2 Å². The van der Waals surface area contributed by atoms with Crippen LogP contribution in [0.1, 0.15) is 78.8 Å². The highest BCUT2D eigenvalue weighted by molar-refractivity contribution is 6.06. The largest absolute Gasteiger partial charge is 0.476 e. The van der Waals surface area contributed by atoms with Crippen molar-refractivity contribution in [1.82, 2.24) is 30.2 Å². The molecule has 8 aliphatic rings. The van der Waals surface area contributed by atoms with Gasteiger partial charge in [-0.05, 0) is 107 Å². The van der Waals surface area contributed by atoms with Gasteiger partial charge in [0, 0.05) is 34.3 Å². The van der Waals surface area contributed by atoms with Crippen LogP contribution in [0, 0.1) is 17.8 Å². The number of para-hydroxylation sites is 2. The van der Waals surface area contributed by atoms with E-state index in [1.807, 2.05) is 30.3 Å². The number of carbonyl (C=O) groups excluding carboxylic acids is 1. The molecule has 2 aliphatic carbocycles. The first-order valence-corrected chi connectivity index (χ1v) is 16.8. The number of rotatable bonds is 4. The minimum Gasteiger partial charge on any atom is -0.476 e. The van der Waals surface area contributed by atoms with Crippen LogP contribution in [0.3, 0.4) is 0 Å². The molecule has 2 aromatic heterocycles. The molecular formula is C35H44ClN7O3. The molecule has 10 nitrogen and oxygen atoms in total. The number of piperidine rings is 6. The van der Waals surface area contributed by atoms with Gasteiger partial charge in [-0.25, -0.2) is 4.79 Å². The Labute approximate surface area is 274 Å². The summed E-state index contributed by atoms with van der Waals surface area (Å²) in [4.78, 5) is 28.8. The van der Waals surface area contributed by atoms with Gasteiger partial charge in [-0.1, -0.05) is 36.4 Å². The van der Waals surface area contributed by atoms with Crippen LogP contribution >= 0.6 is 12.4 Å². The molecule has 2 aromatic carbocycles. The maximum absolute atomic E-state index is 12.9. The van der Waals surface area contributed by atoms with E-state index in [9.17, 15) is 9.59 Å². The lowest BCUT2D eigenvalue weighted by Gasteiger charge is -2.52. The van der Waals surface area contributed by atoms with Crippen molar-refractivity contribution < 1.29 is 14.7 Å². The SMILES string of the molecule is Cl.N[C@@H]1C2CCN(CC2)C12CC2.O=C(C[C@@H]1C2CCN(CC2)C12CC2)c1n[nH]c2ccccc12.O=C(O)c1n[nH]c2ccccc12. The molecule has 2 spiro atoms. The molecule has 0 radical (unpaired) electrons. The molecule has 11 heteroatoms. The first kappa shape index (κ1) is 31.3. The molecule has 6 saturated heterocycles. The van der Waals surface area contributed by atoms with E-state index in [-0.39, 0.29) is 23.9 Å². The highest BCUT2D eigenvalue weighted by Crippen LogP contribution is 2.58. The molecule has 5 N–H and O–H groups in total. The second kappa shape index (κ2) is 12.0. The third-order valence-electron chi connectivity index (χ3n) is 12.1. The standard InChI is InChI=1S/C18H21N3O.C9H16N2.C8H6N2O2.ClH/c22-16(17-13-3-1-2-4-15(13)19-20-17)11-14-12-5-9-21(10-6-12)18(14)7-8-18;10-8-7-1-5-11(6-2-7)9(8)3-4-9;11-8(12)7-5-3-1-2-4-6(5)9-10-7;/h1-4,12,14H,5-11H2,(H,19,20);7-8H,1-6,10H2;1-4H,(H,9,10)(H,11,12);1H/t14-;8-;;/m11../s1. The molecule has 4 bridgehead atoms. The van der Waals surface area contributed by atoms with Gasteiger partial charge >= 0.3 is 5.97 Å². The van der Waals surface area contributed by atoms with Gasteiger partial charge in [-0.3, -0.25) is 24.8 Å². The van der Waals surface area contributed by atoms with Crippen LogP contribution in [0.25, 0.3) is 21.8 Å². The van der Waals surface area contributed by atoms with Crippen LogP contribution < -0.4 is 5.73 Å². The number of aromatic carboxylic acids is 1. The Morgan fingerprint density at radius 3 is 1.74 bits per heavy atom. The second-order valence-electron chi connectivity index (χ2n) is 14.2. The van der Waals surface area contributed by atoms with Crippen molar-refractivity contribution >= 4 is 46.0 Å². The van der Waals surface area contributed by atoms with E-state index < -0.39 is 5.97 Å². The van der Waals surface area contributed by atoms with Crippen LogP contribution in [0.15, 0.2) is 48.5 Å². The summed E-state index contributed by atoms with van der Waals surface area (Å²) in [5.41, 5.74) is 9.53. The van der Waals surface area contributed by atoms with Crippen LogP contribution in [-0.4, -0.2) is 90.4 Å². The van der Waals surface area contributed by atoms with E-state index in [1.165, 1.54) is 77.5 Å². The summed E-state index contributed by atoms with van der Waals surface area (Å²) in [6.45, 7) is 5.16. The van der Waals surface area contributed by atoms with Crippen LogP contribution in [-0.2, 0) is 0 Å². The Morgan fingerprint density at radius 2 is 1.24 bits per heavy atom. The van der Waals surface area contributed by atoms with Crippen LogP contribution in [0.2, 0.25) is 0 Å². The quantitative estimate of drug-likeness (QED) is 0.220. The predicted molar refractivity (Wildman–Crippen MR) is 179 cm³/mol. The fourth-order valence-electron chi connectivity index (χ4n) is 9.32. The van der Waals surface area contributed by atoms with Crippen molar-refractivity contribution in [3.05, 3.63) is 59.9 Å². The minimum absolute atomic E-state index is 0. The van der Waals surface area contributed by atoms with Gasteiger partial charge in [-0.15, -0.1) is 12.4 Å². The fraction of sp³-hybridized carbons (Fsp3) is 0.543. The first-order chi connectivity index (χ1) is 21.9. The van der Waals surface area contributed by atoms with E-state index in [0.717, 1.165) is 28.3 Å². The number of ketones is 1. The monoisotopic (exact) mass is 645 g/mol. The second-order valence-corrected chi connectivity index (χ2v) is 14.2. The minimum atomic E-state index is -1.01. The number of Topliss-reactive ketones (excluding diaryl/α,β-unsaturated/α-hetero) is 1. The third kappa shape index (κ3) is 5.23. The summed E-state index contributed by atoms with van der Waals surface area (Å²) in [6, 6.07) is 15.6. The van der Waals surface area contributed by atoms with E-state index in [4.69, 9.17) is 10.8 Å². The number of H-pyrrole nitrogens is 2. The van der Waals surface area contributed by atoms with E-state index in [1.54, 1.807) is 18.2 Å². The molecule has 2 saturated carbocycles. The molecule has 6 aliphatic heterocycles. The highest BCUT2D eigenvalue weighted by atomic mass is 35.5. The summed E-state index contributed by atoms with van der Waals surface area (Å²) in [5, 5.41) is 23.9. The summed E-state index contributed by atoms with van der Waals surface area (Å²) in [6.07, 6.45) is 11.3. The van der Waals surface area contributed by atoms with E-state index >= 15 is 0 Å². The number of nitrogens with one attached hydrogen (secondary N) is 2. The number of carboxylic acids is 1. The zero-order valence-corrected chi connectivity index (χ0v) is 27.0. The number of aromatic amines is 2. The molecule has 8 fully saturated rings. The van der Waals surface area contributed by atoms with Gasteiger partial charge in [0.2, 0.25) is 0 Å². The Morgan fingerprint density at radius 1 is 0.761 bits per heavy atom. The zero-order valence-electron chi connectivity index (χ0n) is 26.2. The van der Waals surface area contributed by atoms with E-state index in [0.29, 0.717) is 40.5 Å². The number of carbonyl (C=O) groups is 2.